The second-order valence-corrected chi connectivity index (χ2v) is 2.07. The van der Waals surface area contributed by atoms with Crippen molar-refractivity contribution in [2.75, 3.05) is 13.1 Å². The molecule has 0 saturated carbocycles. The summed E-state index contributed by atoms with van der Waals surface area (Å²) in [6.07, 6.45) is 1.81. The van der Waals surface area contributed by atoms with Gasteiger partial charge in [0.15, 0.2) is 0 Å². The van der Waals surface area contributed by atoms with E-state index in [1.54, 1.807) is 5.06 Å². The monoisotopic (exact) mass is 157 g/mol. The molecule has 0 spiro atoms. The molecule has 0 N–H and O–H groups in total. The highest BCUT2D eigenvalue weighted by atomic mass is 16.7. The van der Waals surface area contributed by atoms with Crippen LogP contribution in [0.4, 0.5) is 0 Å². The molecule has 0 bridgehead atoms. The summed E-state index contributed by atoms with van der Waals surface area (Å²) < 4.78 is 0. The van der Waals surface area contributed by atoms with Gasteiger partial charge in [0.25, 0.3) is 0 Å². The zero-order valence-electron chi connectivity index (χ0n) is 7.17. The largest absolute Gasteiger partial charge is 0.368 e. The molecular weight excluding hydrogens is 142 g/mol. The van der Waals surface area contributed by atoms with Crippen LogP contribution < -0.4 is 0 Å². The van der Waals surface area contributed by atoms with Crippen molar-refractivity contribution in [1.29, 1.82) is 0 Å². The molecule has 64 valence electrons. The SMILES string of the molecule is C=CCC(=O)ON(CC)CC. The number of hydrogen-bond acceptors (Lipinski definition) is 3. The van der Waals surface area contributed by atoms with Crippen LogP contribution in [0.2, 0.25) is 0 Å². The highest BCUT2D eigenvalue weighted by Gasteiger charge is 2.04. The number of carbonyl (C=O) groups is 1. The number of hydrogen-bond donors (Lipinski definition) is 0. The Morgan fingerprint density at radius 1 is 1.55 bits per heavy atom. The average Bonchev–Trinajstić information content (AvgIpc) is 2.01. The van der Waals surface area contributed by atoms with Crippen molar-refractivity contribution in [1.82, 2.24) is 5.06 Å². The third-order valence-electron chi connectivity index (χ3n) is 1.25. The Bertz CT molecular complexity index is 130. The van der Waals surface area contributed by atoms with E-state index >= 15 is 0 Å². The first kappa shape index (κ1) is 10.2. The van der Waals surface area contributed by atoms with E-state index in [2.05, 4.69) is 6.58 Å². The maximum Gasteiger partial charge on any atom is 0.328 e. The minimum Gasteiger partial charge on any atom is -0.368 e. The van der Waals surface area contributed by atoms with Crippen molar-refractivity contribution in [3.05, 3.63) is 12.7 Å². The van der Waals surface area contributed by atoms with Crippen LogP contribution in [0.3, 0.4) is 0 Å². The summed E-state index contributed by atoms with van der Waals surface area (Å²) in [4.78, 5) is 15.7. The van der Waals surface area contributed by atoms with Gasteiger partial charge in [-0.1, -0.05) is 6.08 Å². The fourth-order valence-corrected chi connectivity index (χ4v) is 0.652. The highest BCUT2D eigenvalue weighted by molar-refractivity contribution is 5.70. The first-order chi connectivity index (χ1) is 5.24. The van der Waals surface area contributed by atoms with E-state index in [4.69, 9.17) is 4.84 Å². The predicted octanol–water partition coefficient (Wildman–Crippen LogP) is 1.36. The van der Waals surface area contributed by atoms with Gasteiger partial charge < -0.3 is 4.84 Å². The Morgan fingerprint density at radius 3 is 2.45 bits per heavy atom. The molecule has 0 aliphatic carbocycles. The quantitative estimate of drug-likeness (QED) is 0.446. The van der Waals surface area contributed by atoms with E-state index in [1.165, 1.54) is 6.08 Å². The zero-order chi connectivity index (χ0) is 8.69. The molecular formula is C8H15NO2. The van der Waals surface area contributed by atoms with Gasteiger partial charge in [-0.3, -0.25) is 4.79 Å². The normalized spacial score (nSPS) is 9.73. The van der Waals surface area contributed by atoms with E-state index in [-0.39, 0.29) is 12.4 Å². The van der Waals surface area contributed by atoms with E-state index in [9.17, 15) is 4.79 Å². The molecule has 0 rings (SSSR count). The third-order valence-corrected chi connectivity index (χ3v) is 1.25. The van der Waals surface area contributed by atoms with Crippen LogP contribution in [0.15, 0.2) is 12.7 Å². The molecule has 0 aromatic carbocycles. The average molecular weight is 157 g/mol. The van der Waals surface area contributed by atoms with Crippen LogP contribution in [0.25, 0.3) is 0 Å². The fourth-order valence-electron chi connectivity index (χ4n) is 0.652. The molecule has 0 aliphatic heterocycles. The summed E-state index contributed by atoms with van der Waals surface area (Å²) in [5.41, 5.74) is 0. The lowest BCUT2D eigenvalue weighted by atomic mass is 10.4. The summed E-state index contributed by atoms with van der Waals surface area (Å²) in [5.74, 6) is -0.247. The molecule has 0 aliphatic rings. The Morgan fingerprint density at radius 2 is 2.09 bits per heavy atom. The van der Waals surface area contributed by atoms with Crippen molar-refractivity contribution in [3.8, 4) is 0 Å². The van der Waals surface area contributed by atoms with Crippen LogP contribution >= 0.6 is 0 Å². The molecule has 0 aromatic heterocycles. The van der Waals surface area contributed by atoms with Gasteiger partial charge in [0, 0.05) is 13.1 Å². The van der Waals surface area contributed by atoms with Crippen molar-refractivity contribution in [2.45, 2.75) is 20.3 Å². The second-order valence-electron chi connectivity index (χ2n) is 2.07. The first-order valence-electron chi connectivity index (χ1n) is 3.81. The Balaban J connectivity index is 3.62. The number of nitrogens with zero attached hydrogens (tertiary/aromatic N) is 1. The lowest BCUT2D eigenvalue weighted by Gasteiger charge is -2.16. The van der Waals surface area contributed by atoms with Crippen molar-refractivity contribution in [2.24, 2.45) is 0 Å². The van der Waals surface area contributed by atoms with Crippen LogP contribution in [-0.4, -0.2) is 24.1 Å². The van der Waals surface area contributed by atoms with E-state index in [0.29, 0.717) is 0 Å². The second kappa shape index (κ2) is 5.92. The number of carbonyl (C=O) groups excluding carboxylic acids is 1. The molecule has 0 aromatic rings. The van der Waals surface area contributed by atoms with Crippen LogP contribution in [0.1, 0.15) is 20.3 Å². The van der Waals surface area contributed by atoms with Crippen LogP contribution in [0, 0.1) is 0 Å². The smallest absolute Gasteiger partial charge is 0.328 e. The molecule has 0 fully saturated rings. The minimum atomic E-state index is -0.247. The number of rotatable bonds is 5. The van der Waals surface area contributed by atoms with E-state index in [0.717, 1.165) is 13.1 Å². The van der Waals surface area contributed by atoms with E-state index < -0.39 is 0 Å². The van der Waals surface area contributed by atoms with Crippen molar-refractivity contribution in [3.63, 3.8) is 0 Å². The van der Waals surface area contributed by atoms with Gasteiger partial charge in [-0.15, -0.1) is 11.6 Å². The Hall–Kier alpha value is -0.830. The third kappa shape index (κ3) is 4.56. The predicted molar refractivity (Wildman–Crippen MR) is 43.8 cm³/mol. The molecule has 0 unspecified atom stereocenters. The van der Waals surface area contributed by atoms with Gasteiger partial charge in [0.1, 0.15) is 0 Å². The molecule has 0 atom stereocenters. The van der Waals surface area contributed by atoms with Gasteiger partial charge in [0.2, 0.25) is 0 Å². The maximum absolute atomic E-state index is 10.8. The topological polar surface area (TPSA) is 29.5 Å². The lowest BCUT2D eigenvalue weighted by Crippen LogP contribution is -2.26. The van der Waals surface area contributed by atoms with Crippen molar-refractivity contribution < 1.29 is 9.63 Å². The molecule has 0 amide bonds. The molecule has 0 radical (unpaired) electrons. The zero-order valence-corrected chi connectivity index (χ0v) is 7.17. The lowest BCUT2D eigenvalue weighted by molar-refractivity contribution is -0.187. The van der Waals surface area contributed by atoms with Gasteiger partial charge in [-0.2, -0.15) is 0 Å². The van der Waals surface area contributed by atoms with Gasteiger partial charge in [-0.05, 0) is 13.8 Å². The highest BCUT2D eigenvalue weighted by Crippen LogP contribution is 1.93. The maximum atomic E-state index is 10.8. The Kier molecular flexibility index (Phi) is 5.47. The summed E-state index contributed by atoms with van der Waals surface area (Å²) in [7, 11) is 0. The molecule has 11 heavy (non-hydrogen) atoms. The summed E-state index contributed by atoms with van der Waals surface area (Å²) in [5, 5.41) is 1.60. The number of hydroxylamine groups is 2. The van der Waals surface area contributed by atoms with E-state index in [1.807, 2.05) is 13.8 Å². The van der Waals surface area contributed by atoms with Gasteiger partial charge in [0.05, 0.1) is 6.42 Å². The first-order valence-corrected chi connectivity index (χ1v) is 3.81. The fraction of sp³-hybridized carbons (Fsp3) is 0.625. The summed E-state index contributed by atoms with van der Waals surface area (Å²) in [6, 6.07) is 0. The molecule has 0 heterocycles. The van der Waals surface area contributed by atoms with Crippen LogP contribution in [0.5, 0.6) is 0 Å². The summed E-state index contributed by atoms with van der Waals surface area (Å²) >= 11 is 0. The summed E-state index contributed by atoms with van der Waals surface area (Å²) in [6.45, 7) is 8.75. The molecule has 3 heteroatoms. The molecule has 3 nitrogen and oxygen atoms in total. The standard InChI is InChI=1S/C8H15NO2/c1-4-7-8(10)11-9(5-2)6-3/h4H,1,5-7H2,2-3H3. The van der Waals surface area contributed by atoms with Crippen LogP contribution in [-0.2, 0) is 9.63 Å². The van der Waals surface area contributed by atoms with Gasteiger partial charge in [-0.25, -0.2) is 0 Å². The van der Waals surface area contributed by atoms with Crippen molar-refractivity contribution >= 4 is 5.97 Å². The molecule has 0 saturated heterocycles. The Labute approximate surface area is 67.6 Å². The van der Waals surface area contributed by atoms with Gasteiger partial charge >= 0.3 is 5.97 Å². The minimum absolute atomic E-state index is 0.247.